The summed E-state index contributed by atoms with van der Waals surface area (Å²) in [6.45, 7) is 4.22. The number of nitrogens with zero attached hydrogens (tertiary/aromatic N) is 3. The summed E-state index contributed by atoms with van der Waals surface area (Å²) in [6, 6.07) is 7.82. The molecule has 0 radical (unpaired) electrons. The van der Waals surface area contributed by atoms with Gasteiger partial charge in [-0.05, 0) is 48.9 Å². The number of nitrogens with one attached hydrogen (secondary N) is 2. The number of piperidine rings is 1. The van der Waals surface area contributed by atoms with Crippen LogP contribution in [0.15, 0.2) is 29.6 Å². The van der Waals surface area contributed by atoms with Gasteiger partial charge in [-0.2, -0.15) is 0 Å². The molecular weight excluding hydrogens is 322 g/mol. The average molecular weight is 345 g/mol. The molecule has 0 saturated carbocycles. The quantitative estimate of drug-likeness (QED) is 0.840. The number of thiophene rings is 1. The number of amides is 1. The molecule has 0 aliphatic carbocycles. The normalized spacial score (nSPS) is 18.3. The van der Waals surface area contributed by atoms with Crippen LogP contribution in [-0.2, 0) is 6.54 Å². The lowest BCUT2D eigenvalue weighted by atomic mass is 9.98. The van der Waals surface area contributed by atoms with Crippen LogP contribution >= 0.6 is 11.3 Å². The number of hydrogen-bond donors (Lipinski definition) is 2. The minimum absolute atomic E-state index is 0.217. The van der Waals surface area contributed by atoms with E-state index in [1.807, 2.05) is 17.4 Å². The van der Waals surface area contributed by atoms with Gasteiger partial charge in [0.2, 0.25) is 0 Å². The highest BCUT2D eigenvalue weighted by atomic mass is 32.1. The topological polar surface area (TPSA) is 70.2 Å². The smallest absolute Gasteiger partial charge is 0.271 e. The first-order valence-electron chi connectivity index (χ1n) is 8.29. The lowest BCUT2D eigenvalue weighted by Crippen LogP contribution is -2.37. The number of hydrogen-bond acceptors (Lipinski definition) is 6. The standard InChI is InChI=1S/C17H23N5OS/c1-18-17(23)15-6-7-16(21-20-15)19-10-13-4-2-8-22(11-13)12-14-5-3-9-24-14/h3,5-7,9,13H,2,4,8,10-12H2,1H3,(H,18,23)(H,19,21). The first-order valence-corrected chi connectivity index (χ1v) is 9.17. The Morgan fingerprint density at radius 1 is 1.38 bits per heavy atom. The summed E-state index contributed by atoms with van der Waals surface area (Å²) in [5.74, 6) is 1.11. The van der Waals surface area contributed by atoms with Crippen molar-refractivity contribution in [1.29, 1.82) is 0 Å². The van der Waals surface area contributed by atoms with E-state index in [4.69, 9.17) is 0 Å². The lowest BCUT2D eigenvalue weighted by molar-refractivity contribution is 0.0957. The number of likely N-dealkylation sites (tertiary alicyclic amines) is 1. The summed E-state index contributed by atoms with van der Waals surface area (Å²) in [5, 5.41) is 16.1. The molecule has 2 aromatic heterocycles. The highest BCUT2D eigenvalue weighted by Crippen LogP contribution is 2.20. The zero-order valence-electron chi connectivity index (χ0n) is 13.9. The largest absolute Gasteiger partial charge is 0.368 e. The fraction of sp³-hybridized carbons (Fsp3) is 0.471. The van der Waals surface area contributed by atoms with Gasteiger partial charge in [0.1, 0.15) is 5.82 Å². The molecule has 1 fully saturated rings. The van der Waals surface area contributed by atoms with Gasteiger partial charge in [0.15, 0.2) is 5.69 Å². The monoisotopic (exact) mass is 345 g/mol. The van der Waals surface area contributed by atoms with Crippen molar-refractivity contribution in [3.8, 4) is 0 Å². The third-order valence-electron chi connectivity index (χ3n) is 4.26. The highest BCUT2D eigenvalue weighted by molar-refractivity contribution is 7.09. The van der Waals surface area contributed by atoms with Crippen LogP contribution in [0.5, 0.6) is 0 Å². The van der Waals surface area contributed by atoms with Gasteiger partial charge in [-0.3, -0.25) is 9.69 Å². The van der Waals surface area contributed by atoms with Crippen LogP contribution in [-0.4, -0.2) is 47.7 Å². The number of aromatic nitrogens is 2. The van der Waals surface area contributed by atoms with Gasteiger partial charge >= 0.3 is 0 Å². The van der Waals surface area contributed by atoms with Gasteiger partial charge in [-0.1, -0.05) is 6.07 Å². The Hall–Kier alpha value is -1.99. The molecule has 1 aliphatic heterocycles. The van der Waals surface area contributed by atoms with Crippen molar-refractivity contribution in [2.45, 2.75) is 19.4 Å². The van der Waals surface area contributed by atoms with Crippen LogP contribution in [0.4, 0.5) is 5.82 Å². The Morgan fingerprint density at radius 2 is 2.29 bits per heavy atom. The molecule has 0 aromatic carbocycles. The molecule has 1 atom stereocenters. The Kier molecular flexibility index (Phi) is 5.77. The van der Waals surface area contributed by atoms with Crippen molar-refractivity contribution in [3.05, 3.63) is 40.2 Å². The fourth-order valence-electron chi connectivity index (χ4n) is 3.01. The van der Waals surface area contributed by atoms with Crippen LogP contribution in [0.3, 0.4) is 0 Å². The summed E-state index contributed by atoms with van der Waals surface area (Å²) in [7, 11) is 1.58. The zero-order chi connectivity index (χ0) is 16.8. The molecule has 0 bridgehead atoms. The van der Waals surface area contributed by atoms with E-state index in [2.05, 4.69) is 43.2 Å². The van der Waals surface area contributed by atoms with Crippen LogP contribution in [0.25, 0.3) is 0 Å². The Bertz CT molecular complexity index is 644. The summed E-state index contributed by atoms with van der Waals surface area (Å²) >= 11 is 1.83. The summed E-state index contributed by atoms with van der Waals surface area (Å²) < 4.78 is 0. The maximum atomic E-state index is 11.5. The molecule has 0 spiro atoms. The molecule has 2 aromatic rings. The van der Waals surface area contributed by atoms with Gasteiger partial charge in [0.25, 0.3) is 5.91 Å². The van der Waals surface area contributed by atoms with Crippen molar-refractivity contribution in [3.63, 3.8) is 0 Å². The summed E-state index contributed by atoms with van der Waals surface area (Å²) in [5.41, 5.74) is 0.336. The van der Waals surface area contributed by atoms with Crippen LogP contribution in [0, 0.1) is 5.92 Å². The Balaban J connectivity index is 1.48. The first kappa shape index (κ1) is 16.9. The van der Waals surface area contributed by atoms with Crippen LogP contribution < -0.4 is 10.6 Å². The summed E-state index contributed by atoms with van der Waals surface area (Å²) in [4.78, 5) is 15.4. The molecule has 24 heavy (non-hydrogen) atoms. The van der Waals surface area contributed by atoms with Crippen molar-refractivity contribution in [2.24, 2.45) is 5.92 Å². The molecule has 6 nitrogen and oxygen atoms in total. The Labute approximate surface area is 146 Å². The van der Waals surface area contributed by atoms with Crippen molar-refractivity contribution >= 4 is 23.1 Å². The molecule has 128 valence electrons. The average Bonchev–Trinajstić information content (AvgIpc) is 3.13. The third-order valence-corrected chi connectivity index (χ3v) is 5.12. The van der Waals surface area contributed by atoms with Gasteiger partial charge in [0, 0.05) is 31.6 Å². The van der Waals surface area contributed by atoms with Gasteiger partial charge in [-0.25, -0.2) is 0 Å². The van der Waals surface area contributed by atoms with E-state index in [9.17, 15) is 4.79 Å². The molecule has 7 heteroatoms. The maximum absolute atomic E-state index is 11.5. The third kappa shape index (κ3) is 4.52. The first-order chi connectivity index (χ1) is 11.7. The number of anilines is 1. The molecule has 1 amide bonds. The second-order valence-corrected chi connectivity index (χ2v) is 7.12. The van der Waals surface area contributed by atoms with Crippen LogP contribution in [0.2, 0.25) is 0 Å². The molecular formula is C17H23N5OS. The highest BCUT2D eigenvalue weighted by Gasteiger charge is 2.20. The fourth-order valence-corrected chi connectivity index (χ4v) is 3.76. The molecule has 2 N–H and O–H groups in total. The van der Waals surface area contributed by atoms with E-state index < -0.39 is 0 Å². The zero-order valence-corrected chi connectivity index (χ0v) is 14.7. The van der Waals surface area contributed by atoms with Gasteiger partial charge in [-0.15, -0.1) is 21.5 Å². The maximum Gasteiger partial charge on any atom is 0.271 e. The molecule has 1 unspecified atom stereocenters. The van der Waals surface area contributed by atoms with E-state index in [0.717, 1.165) is 25.5 Å². The van der Waals surface area contributed by atoms with Gasteiger partial charge in [0.05, 0.1) is 0 Å². The minimum Gasteiger partial charge on any atom is -0.368 e. The predicted octanol–water partition coefficient (Wildman–Crippen LogP) is 2.22. The van der Waals surface area contributed by atoms with Crippen molar-refractivity contribution in [1.82, 2.24) is 20.4 Å². The lowest BCUT2D eigenvalue weighted by Gasteiger charge is -2.32. The van der Waals surface area contributed by atoms with E-state index in [1.165, 1.54) is 24.3 Å². The number of carbonyl (C=O) groups is 1. The SMILES string of the molecule is CNC(=O)c1ccc(NCC2CCCN(Cc3cccs3)C2)nn1. The Morgan fingerprint density at radius 3 is 3.00 bits per heavy atom. The van der Waals surface area contributed by atoms with E-state index in [1.54, 1.807) is 13.1 Å². The van der Waals surface area contributed by atoms with E-state index in [-0.39, 0.29) is 5.91 Å². The van der Waals surface area contributed by atoms with E-state index >= 15 is 0 Å². The predicted molar refractivity (Wildman–Crippen MR) is 96.2 cm³/mol. The summed E-state index contributed by atoms with van der Waals surface area (Å²) in [6.07, 6.45) is 2.47. The number of rotatable bonds is 6. The van der Waals surface area contributed by atoms with Gasteiger partial charge < -0.3 is 10.6 Å². The minimum atomic E-state index is -0.217. The van der Waals surface area contributed by atoms with Crippen LogP contribution in [0.1, 0.15) is 28.2 Å². The molecule has 1 saturated heterocycles. The molecule has 3 rings (SSSR count). The molecule has 3 heterocycles. The second kappa shape index (κ2) is 8.21. The van der Waals surface area contributed by atoms with E-state index in [0.29, 0.717) is 11.6 Å². The van der Waals surface area contributed by atoms with Crippen molar-refractivity contribution < 1.29 is 4.79 Å². The van der Waals surface area contributed by atoms with Crippen molar-refractivity contribution in [2.75, 3.05) is 32.0 Å². The molecule has 1 aliphatic rings. The second-order valence-electron chi connectivity index (χ2n) is 6.09. The number of carbonyl (C=O) groups excluding carboxylic acids is 1.